The van der Waals surface area contributed by atoms with E-state index in [1.165, 1.54) is 6.20 Å². The number of halogens is 2. The predicted octanol–water partition coefficient (Wildman–Crippen LogP) is 4.17. The Morgan fingerprint density at radius 3 is 2.63 bits per heavy atom. The number of nitrogens with one attached hydrogen (secondary N) is 3. The summed E-state index contributed by atoms with van der Waals surface area (Å²) in [6.07, 6.45) is 1.43. The highest BCUT2D eigenvalue weighted by Gasteiger charge is 2.16. The number of aryl methyl sites for hydroxylation is 1. The average molecular weight is 448 g/mol. The molecule has 0 fully saturated rings. The minimum Gasteiger partial charge on any atom is -0.343 e. The molecule has 0 unspecified atom stereocenters. The number of carbonyl (C=O) groups is 2. The largest absolute Gasteiger partial charge is 0.343 e. The number of nitrogens with zero attached hydrogens (tertiary/aromatic N) is 1. The van der Waals surface area contributed by atoms with Crippen LogP contribution in [0.2, 0.25) is 5.02 Å². The number of anilines is 1. The summed E-state index contributed by atoms with van der Waals surface area (Å²) in [5.74, 6) is -0.711. The third kappa shape index (κ3) is 4.75. The highest BCUT2D eigenvalue weighted by atomic mass is 79.9. The molecule has 3 aromatic rings. The molecule has 2 aromatic carbocycles. The first-order chi connectivity index (χ1) is 12.9. The first kappa shape index (κ1) is 19.1. The Balaban J connectivity index is 1.63. The maximum absolute atomic E-state index is 12.4. The number of amides is 2. The van der Waals surface area contributed by atoms with Gasteiger partial charge in [-0.1, -0.05) is 39.7 Å². The summed E-state index contributed by atoms with van der Waals surface area (Å²) in [4.78, 5) is 24.5. The van der Waals surface area contributed by atoms with Gasteiger partial charge in [0, 0.05) is 20.7 Å². The van der Waals surface area contributed by atoms with Gasteiger partial charge in [0.25, 0.3) is 5.91 Å². The van der Waals surface area contributed by atoms with E-state index in [0.717, 1.165) is 15.6 Å². The zero-order chi connectivity index (χ0) is 19.4. The molecule has 2 amide bonds. The zero-order valence-corrected chi connectivity index (χ0v) is 16.7. The van der Waals surface area contributed by atoms with Crippen LogP contribution in [0.25, 0.3) is 11.3 Å². The van der Waals surface area contributed by atoms with Gasteiger partial charge in [0.1, 0.15) is 0 Å². The van der Waals surface area contributed by atoms with E-state index in [4.69, 9.17) is 11.6 Å². The van der Waals surface area contributed by atoms with Gasteiger partial charge < -0.3 is 10.6 Å². The summed E-state index contributed by atoms with van der Waals surface area (Å²) in [6.45, 7) is 1.78. The Hall–Kier alpha value is -2.64. The molecule has 0 aliphatic rings. The molecular weight excluding hydrogens is 432 g/mol. The molecule has 1 aromatic heterocycles. The number of hydrogen-bond donors (Lipinski definition) is 3. The molecule has 0 radical (unpaired) electrons. The van der Waals surface area contributed by atoms with Crippen molar-refractivity contribution in [3.05, 3.63) is 69.3 Å². The maximum atomic E-state index is 12.4. The third-order valence-electron chi connectivity index (χ3n) is 3.87. The van der Waals surface area contributed by atoms with Gasteiger partial charge >= 0.3 is 0 Å². The third-order valence-corrected chi connectivity index (χ3v) is 5.01. The maximum Gasteiger partial charge on any atom is 0.255 e. The summed E-state index contributed by atoms with van der Waals surface area (Å²) in [7, 11) is 0. The molecule has 0 bridgehead atoms. The number of rotatable bonds is 5. The Morgan fingerprint density at radius 2 is 1.93 bits per heavy atom. The average Bonchev–Trinajstić information content (AvgIpc) is 3.13. The van der Waals surface area contributed by atoms with Gasteiger partial charge in [-0.05, 0) is 42.8 Å². The van der Waals surface area contributed by atoms with E-state index in [1.807, 2.05) is 19.1 Å². The van der Waals surface area contributed by atoms with E-state index in [1.54, 1.807) is 30.3 Å². The first-order valence-electron chi connectivity index (χ1n) is 8.07. The molecule has 0 saturated carbocycles. The van der Waals surface area contributed by atoms with E-state index in [2.05, 4.69) is 36.8 Å². The van der Waals surface area contributed by atoms with Crippen molar-refractivity contribution in [1.82, 2.24) is 15.5 Å². The summed E-state index contributed by atoms with van der Waals surface area (Å²) < 4.78 is 0.962. The number of hydrogen-bond acceptors (Lipinski definition) is 3. The van der Waals surface area contributed by atoms with Crippen LogP contribution < -0.4 is 10.6 Å². The molecule has 3 N–H and O–H groups in total. The highest BCUT2D eigenvalue weighted by Crippen LogP contribution is 2.23. The summed E-state index contributed by atoms with van der Waals surface area (Å²) in [5.41, 5.74) is 3.36. The molecule has 8 heteroatoms. The molecule has 27 heavy (non-hydrogen) atoms. The molecular formula is C19H16BrClN4O2. The fourth-order valence-corrected chi connectivity index (χ4v) is 2.85. The topological polar surface area (TPSA) is 86.9 Å². The van der Waals surface area contributed by atoms with Crippen LogP contribution >= 0.6 is 27.5 Å². The highest BCUT2D eigenvalue weighted by molar-refractivity contribution is 9.10. The minimum absolute atomic E-state index is 0.154. The number of carbonyl (C=O) groups excluding carboxylic acids is 2. The molecule has 138 valence electrons. The first-order valence-corrected chi connectivity index (χ1v) is 9.24. The van der Waals surface area contributed by atoms with E-state index in [9.17, 15) is 9.59 Å². The van der Waals surface area contributed by atoms with Gasteiger partial charge in [-0.15, -0.1) is 0 Å². The Labute approximate surface area is 169 Å². The van der Waals surface area contributed by atoms with Crippen molar-refractivity contribution in [3.8, 4) is 11.3 Å². The van der Waals surface area contributed by atoms with Gasteiger partial charge in [-0.25, -0.2) is 0 Å². The van der Waals surface area contributed by atoms with Gasteiger partial charge in [-0.3, -0.25) is 14.7 Å². The van der Waals surface area contributed by atoms with E-state index >= 15 is 0 Å². The van der Waals surface area contributed by atoms with Gasteiger partial charge in [0.15, 0.2) is 0 Å². The van der Waals surface area contributed by atoms with E-state index in [0.29, 0.717) is 22.0 Å². The lowest BCUT2D eigenvalue weighted by Gasteiger charge is -2.09. The van der Waals surface area contributed by atoms with E-state index in [-0.39, 0.29) is 12.5 Å². The fraction of sp³-hybridized carbons (Fsp3) is 0.105. The van der Waals surface area contributed by atoms with Crippen LogP contribution in [-0.2, 0) is 4.79 Å². The van der Waals surface area contributed by atoms with Crippen molar-refractivity contribution >= 4 is 45.0 Å². The van der Waals surface area contributed by atoms with Gasteiger partial charge in [-0.2, -0.15) is 5.10 Å². The van der Waals surface area contributed by atoms with Gasteiger partial charge in [0.2, 0.25) is 5.91 Å². The molecule has 0 spiro atoms. The molecule has 0 aliphatic heterocycles. The van der Waals surface area contributed by atoms with Crippen LogP contribution in [0.4, 0.5) is 5.69 Å². The Bertz CT molecular complexity index is 986. The van der Waals surface area contributed by atoms with Crippen LogP contribution in [-0.4, -0.2) is 28.6 Å². The van der Waals surface area contributed by atoms with Crippen LogP contribution in [0.1, 0.15) is 15.9 Å². The summed E-state index contributed by atoms with van der Waals surface area (Å²) >= 11 is 9.30. The standard InChI is InChI=1S/C19H16BrClN4O2/c1-11-8-14(6-7-16(11)20)24-17(26)10-22-19(27)15-9-23-25-18(15)12-2-4-13(21)5-3-12/h2-9H,10H2,1H3,(H,22,27)(H,23,25)(H,24,26). The number of aromatic nitrogens is 2. The second kappa shape index (κ2) is 8.37. The predicted molar refractivity (Wildman–Crippen MR) is 109 cm³/mol. The quantitative estimate of drug-likeness (QED) is 0.548. The smallest absolute Gasteiger partial charge is 0.255 e. The lowest BCUT2D eigenvalue weighted by molar-refractivity contribution is -0.115. The molecule has 0 atom stereocenters. The second-order valence-electron chi connectivity index (χ2n) is 5.86. The van der Waals surface area contributed by atoms with E-state index < -0.39 is 5.91 Å². The van der Waals surface area contributed by atoms with Crippen molar-refractivity contribution in [2.45, 2.75) is 6.92 Å². The lowest BCUT2D eigenvalue weighted by Crippen LogP contribution is -2.32. The zero-order valence-electron chi connectivity index (χ0n) is 14.3. The van der Waals surface area contributed by atoms with Crippen molar-refractivity contribution < 1.29 is 9.59 Å². The van der Waals surface area contributed by atoms with Crippen molar-refractivity contribution in [2.75, 3.05) is 11.9 Å². The molecule has 1 heterocycles. The number of aromatic amines is 1. The molecule has 6 nitrogen and oxygen atoms in total. The molecule has 3 rings (SSSR count). The van der Waals surface area contributed by atoms with Crippen molar-refractivity contribution in [1.29, 1.82) is 0 Å². The fourth-order valence-electron chi connectivity index (χ4n) is 2.48. The van der Waals surface area contributed by atoms with Gasteiger partial charge in [0.05, 0.1) is 24.0 Å². The molecule has 0 aliphatic carbocycles. The number of H-pyrrole nitrogens is 1. The Morgan fingerprint density at radius 1 is 1.19 bits per heavy atom. The number of benzene rings is 2. The summed E-state index contributed by atoms with van der Waals surface area (Å²) in [5, 5.41) is 12.7. The minimum atomic E-state index is -0.393. The monoisotopic (exact) mass is 446 g/mol. The summed E-state index contributed by atoms with van der Waals surface area (Å²) in [6, 6.07) is 12.5. The van der Waals surface area contributed by atoms with Crippen LogP contribution in [0.15, 0.2) is 53.1 Å². The van der Waals surface area contributed by atoms with Crippen LogP contribution in [0.5, 0.6) is 0 Å². The molecule has 0 saturated heterocycles. The second-order valence-corrected chi connectivity index (χ2v) is 7.15. The lowest BCUT2D eigenvalue weighted by atomic mass is 10.1. The SMILES string of the molecule is Cc1cc(NC(=O)CNC(=O)c2cn[nH]c2-c2ccc(Cl)cc2)ccc1Br. The van der Waals surface area contributed by atoms with Crippen molar-refractivity contribution in [2.24, 2.45) is 0 Å². The van der Waals surface area contributed by atoms with Crippen molar-refractivity contribution in [3.63, 3.8) is 0 Å². The Kier molecular flexibility index (Phi) is 5.93. The van der Waals surface area contributed by atoms with Crippen LogP contribution in [0, 0.1) is 6.92 Å². The van der Waals surface area contributed by atoms with Crippen LogP contribution in [0.3, 0.4) is 0 Å². The normalized spacial score (nSPS) is 10.5.